The molecule has 0 bridgehead atoms. The molecule has 140 valence electrons. The maximum Gasteiger partial charge on any atom is 0.325 e. The van der Waals surface area contributed by atoms with Crippen molar-refractivity contribution in [2.45, 2.75) is 26.7 Å². The average Bonchev–Trinajstić information content (AvgIpc) is 3.01. The van der Waals surface area contributed by atoms with Crippen LogP contribution in [0.3, 0.4) is 0 Å². The van der Waals surface area contributed by atoms with Crippen LogP contribution in [0.4, 0.5) is 0 Å². The van der Waals surface area contributed by atoms with E-state index in [9.17, 15) is 9.59 Å². The number of hydrogen-bond donors (Lipinski definition) is 1. The maximum atomic E-state index is 12.3. The second-order valence-electron chi connectivity index (χ2n) is 6.29. The largest absolute Gasteiger partial charge is 0.464 e. The number of hydrogen-bond acceptors (Lipinski definition) is 4. The Balaban J connectivity index is 1.74. The van der Waals surface area contributed by atoms with Crippen LogP contribution in [0.2, 0.25) is 0 Å². The van der Waals surface area contributed by atoms with Crippen LogP contribution in [0, 0.1) is 6.92 Å². The highest BCUT2D eigenvalue weighted by Crippen LogP contribution is 2.22. The lowest BCUT2D eigenvalue weighted by Gasteiger charge is -2.08. The first-order valence-corrected chi connectivity index (χ1v) is 9.08. The first kappa shape index (κ1) is 18.6. The van der Waals surface area contributed by atoms with Crippen molar-refractivity contribution in [2.24, 2.45) is 0 Å². The topological polar surface area (TPSA) is 73.2 Å². The zero-order chi connectivity index (χ0) is 19.2. The molecule has 1 N–H and O–H groups in total. The van der Waals surface area contributed by atoms with Crippen molar-refractivity contribution in [3.63, 3.8) is 0 Å². The van der Waals surface area contributed by atoms with Crippen LogP contribution >= 0.6 is 0 Å². The number of imidazole rings is 1. The number of aromatic nitrogens is 2. The fourth-order valence-electron chi connectivity index (χ4n) is 2.88. The van der Waals surface area contributed by atoms with Crippen molar-refractivity contribution in [1.29, 1.82) is 0 Å². The van der Waals surface area contributed by atoms with E-state index in [0.29, 0.717) is 12.2 Å². The summed E-state index contributed by atoms with van der Waals surface area (Å²) >= 11 is 0. The number of carbonyl (C=O) groups is 2. The highest BCUT2D eigenvalue weighted by molar-refractivity contribution is 5.98. The molecule has 0 aliphatic heterocycles. The smallest absolute Gasteiger partial charge is 0.325 e. The van der Waals surface area contributed by atoms with Gasteiger partial charge >= 0.3 is 5.97 Å². The van der Waals surface area contributed by atoms with E-state index in [1.807, 2.05) is 54.8 Å². The molecule has 0 aliphatic rings. The van der Waals surface area contributed by atoms with Gasteiger partial charge in [0.25, 0.3) is 5.91 Å². The fraction of sp³-hybridized carbons (Fsp3) is 0.286. The Kier molecular flexibility index (Phi) is 5.86. The molecule has 6 nitrogen and oxygen atoms in total. The van der Waals surface area contributed by atoms with Gasteiger partial charge in [-0.25, -0.2) is 4.98 Å². The molecule has 0 saturated heterocycles. The van der Waals surface area contributed by atoms with Gasteiger partial charge in [0.15, 0.2) is 0 Å². The highest BCUT2D eigenvalue weighted by atomic mass is 16.5. The van der Waals surface area contributed by atoms with Gasteiger partial charge in [-0.15, -0.1) is 0 Å². The van der Waals surface area contributed by atoms with E-state index in [-0.39, 0.29) is 12.5 Å². The number of nitrogens with zero attached hydrogens (tertiary/aromatic N) is 2. The number of aryl methyl sites for hydroxylation is 1. The minimum atomic E-state index is -0.429. The van der Waals surface area contributed by atoms with Gasteiger partial charge in [0, 0.05) is 11.3 Å². The van der Waals surface area contributed by atoms with Crippen molar-refractivity contribution in [2.75, 3.05) is 13.2 Å². The number of unbranched alkanes of at least 4 members (excludes halogenated alkanes) is 1. The van der Waals surface area contributed by atoms with Crippen LogP contribution in [0.25, 0.3) is 16.7 Å². The van der Waals surface area contributed by atoms with Crippen LogP contribution in [-0.4, -0.2) is 34.6 Å². The molecule has 3 rings (SSSR count). The van der Waals surface area contributed by atoms with Gasteiger partial charge in [0.2, 0.25) is 0 Å². The van der Waals surface area contributed by atoms with Crippen LogP contribution in [0.15, 0.2) is 48.5 Å². The molecule has 1 aromatic heterocycles. The zero-order valence-electron chi connectivity index (χ0n) is 15.6. The molecule has 2 aromatic carbocycles. The standard InChI is InChI=1S/C21H23N3O3/c1-3-4-12-27-20(25)14-22-21(26)16-10-11-19-18(13-16)23-15(2)24(19)17-8-6-5-7-9-17/h5-11,13H,3-4,12,14H2,1-2H3,(H,22,26). The first-order valence-electron chi connectivity index (χ1n) is 9.08. The summed E-state index contributed by atoms with van der Waals surface area (Å²) in [6.45, 7) is 4.19. The molecule has 0 spiro atoms. The second-order valence-corrected chi connectivity index (χ2v) is 6.29. The van der Waals surface area contributed by atoms with Crippen molar-refractivity contribution in [3.05, 3.63) is 59.9 Å². The lowest BCUT2D eigenvalue weighted by Crippen LogP contribution is -2.30. The summed E-state index contributed by atoms with van der Waals surface area (Å²) in [5.41, 5.74) is 3.13. The Hall–Kier alpha value is -3.15. The lowest BCUT2D eigenvalue weighted by molar-refractivity contribution is -0.142. The van der Waals surface area contributed by atoms with E-state index < -0.39 is 5.97 Å². The predicted molar refractivity (Wildman–Crippen MR) is 104 cm³/mol. The Morgan fingerprint density at radius 1 is 1.15 bits per heavy atom. The van der Waals surface area contributed by atoms with Gasteiger partial charge in [-0.3, -0.25) is 14.2 Å². The average molecular weight is 365 g/mol. The van der Waals surface area contributed by atoms with E-state index in [2.05, 4.69) is 10.3 Å². The normalized spacial score (nSPS) is 10.7. The molecule has 0 aliphatic carbocycles. The summed E-state index contributed by atoms with van der Waals surface area (Å²) in [4.78, 5) is 28.5. The first-order chi connectivity index (χ1) is 13.1. The van der Waals surface area contributed by atoms with Crippen LogP contribution in [0.1, 0.15) is 35.9 Å². The molecule has 0 radical (unpaired) electrons. The summed E-state index contributed by atoms with van der Waals surface area (Å²) in [5, 5.41) is 2.60. The van der Waals surface area contributed by atoms with E-state index >= 15 is 0 Å². The molecule has 1 amide bonds. The van der Waals surface area contributed by atoms with Gasteiger partial charge in [0.05, 0.1) is 17.6 Å². The predicted octanol–water partition coefficient (Wildman–Crippen LogP) is 3.41. The third kappa shape index (κ3) is 4.34. The number of ether oxygens (including phenoxy) is 1. The number of carbonyl (C=O) groups excluding carboxylic acids is 2. The minimum Gasteiger partial charge on any atom is -0.464 e. The SMILES string of the molecule is CCCCOC(=O)CNC(=O)c1ccc2c(c1)nc(C)n2-c1ccccc1. The van der Waals surface area contributed by atoms with Crippen LogP contribution < -0.4 is 5.32 Å². The second kappa shape index (κ2) is 8.49. The van der Waals surface area contributed by atoms with Crippen molar-refractivity contribution in [1.82, 2.24) is 14.9 Å². The number of para-hydroxylation sites is 1. The summed E-state index contributed by atoms with van der Waals surface area (Å²) in [5.74, 6) is 0.0894. The molecule has 3 aromatic rings. The van der Waals surface area contributed by atoms with Gasteiger partial charge in [-0.2, -0.15) is 0 Å². The summed E-state index contributed by atoms with van der Waals surface area (Å²) in [6.07, 6.45) is 1.77. The Labute approximate surface area is 158 Å². The Morgan fingerprint density at radius 2 is 1.93 bits per heavy atom. The molecule has 6 heteroatoms. The Bertz CT molecular complexity index is 948. The van der Waals surface area contributed by atoms with Crippen molar-refractivity contribution in [3.8, 4) is 5.69 Å². The number of esters is 1. The quantitative estimate of drug-likeness (QED) is 0.514. The van der Waals surface area contributed by atoms with Crippen LogP contribution in [0.5, 0.6) is 0 Å². The Morgan fingerprint density at radius 3 is 2.67 bits per heavy atom. The maximum absolute atomic E-state index is 12.3. The summed E-state index contributed by atoms with van der Waals surface area (Å²) in [6, 6.07) is 15.3. The van der Waals surface area contributed by atoms with Crippen molar-refractivity contribution >= 4 is 22.9 Å². The van der Waals surface area contributed by atoms with Crippen molar-refractivity contribution < 1.29 is 14.3 Å². The van der Waals surface area contributed by atoms with Gasteiger partial charge in [-0.05, 0) is 43.7 Å². The van der Waals surface area contributed by atoms with Gasteiger partial charge in [-0.1, -0.05) is 31.5 Å². The van der Waals surface area contributed by atoms with Gasteiger partial charge in [0.1, 0.15) is 12.4 Å². The molecule has 0 unspecified atom stereocenters. The lowest BCUT2D eigenvalue weighted by atomic mass is 10.2. The molecule has 0 atom stereocenters. The number of fused-ring (bicyclic) bond motifs is 1. The van der Waals surface area contributed by atoms with Crippen LogP contribution in [-0.2, 0) is 9.53 Å². The zero-order valence-corrected chi connectivity index (χ0v) is 15.6. The fourth-order valence-corrected chi connectivity index (χ4v) is 2.88. The summed E-state index contributed by atoms with van der Waals surface area (Å²) < 4.78 is 7.08. The molecule has 0 saturated carbocycles. The number of nitrogens with one attached hydrogen (secondary N) is 1. The monoisotopic (exact) mass is 365 g/mol. The highest BCUT2D eigenvalue weighted by Gasteiger charge is 2.13. The minimum absolute atomic E-state index is 0.141. The summed E-state index contributed by atoms with van der Waals surface area (Å²) in [7, 11) is 0. The number of amides is 1. The number of benzene rings is 2. The van der Waals surface area contributed by atoms with E-state index in [0.717, 1.165) is 35.4 Å². The molecule has 0 fully saturated rings. The van der Waals surface area contributed by atoms with Gasteiger partial charge < -0.3 is 10.1 Å². The molecular formula is C21H23N3O3. The third-order valence-corrected chi connectivity index (χ3v) is 4.25. The molecule has 1 heterocycles. The third-order valence-electron chi connectivity index (χ3n) is 4.25. The van der Waals surface area contributed by atoms with E-state index in [4.69, 9.17) is 4.74 Å². The molecule has 27 heavy (non-hydrogen) atoms. The van der Waals surface area contributed by atoms with E-state index in [1.54, 1.807) is 12.1 Å². The van der Waals surface area contributed by atoms with E-state index in [1.165, 1.54) is 0 Å². The number of rotatable bonds is 7. The molecular weight excluding hydrogens is 342 g/mol.